The predicted octanol–water partition coefficient (Wildman–Crippen LogP) is 5.82. The maximum Gasteiger partial charge on any atom is 0.269 e. The molecule has 0 unspecified atom stereocenters. The summed E-state index contributed by atoms with van der Waals surface area (Å²) >= 11 is 25.5. The zero-order valence-electron chi connectivity index (χ0n) is 15.5. The average molecular weight is 501 g/mol. The number of carbonyl (C=O) groups excluding carboxylic acids is 1. The highest BCUT2D eigenvalue weighted by atomic mass is 35.5. The van der Waals surface area contributed by atoms with Crippen molar-refractivity contribution in [3.05, 3.63) is 56.3 Å². The second-order valence-electron chi connectivity index (χ2n) is 6.53. The van der Waals surface area contributed by atoms with Crippen LogP contribution in [0.15, 0.2) is 36.4 Å². The number of thiophene rings is 1. The van der Waals surface area contributed by atoms with Crippen molar-refractivity contribution in [2.75, 3.05) is 36.5 Å². The molecule has 2 heterocycles. The predicted molar refractivity (Wildman–Crippen MR) is 130 cm³/mol. The zero-order valence-corrected chi connectivity index (χ0v) is 19.4. The minimum absolute atomic E-state index is 0.156. The van der Waals surface area contributed by atoms with E-state index >= 15 is 0 Å². The normalized spacial score (nSPS) is 14.0. The number of amides is 1. The maximum absolute atomic E-state index is 12.8. The van der Waals surface area contributed by atoms with Crippen LogP contribution in [0.1, 0.15) is 9.67 Å². The Balaban J connectivity index is 1.52. The average Bonchev–Trinajstić information content (AvgIpc) is 3.04. The van der Waals surface area contributed by atoms with Gasteiger partial charge in [-0.2, -0.15) is 0 Å². The summed E-state index contributed by atoms with van der Waals surface area (Å²) in [5.74, 6) is -0.384. The number of carbonyl (C=O) groups is 1. The van der Waals surface area contributed by atoms with E-state index in [9.17, 15) is 4.79 Å². The summed E-state index contributed by atoms with van der Waals surface area (Å²) < 4.78 is 6.25. The molecular formula is C20H16Cl3N3O2S2. The van der Waals surface area contributed by atoms with Crippen LogP contribution < -0.4 is 15.5 Å². The molecule has 2 aromatic carbocycles. The molecule has 1 aromatic heterocycles. The van der Waals surface area contributed by atoms with Gasteiger partial charge in [-0.05, 0) is 36.5 Å². The van der Waals surface area contributed by atoms with Crippen molar-refractivity contribution in [2.45, 2.75) is 0 Å². The van der Waals surface area contributed by atoms with E-state index in [1.54, 1.807) is 18.2 Å². The van der Waals surface area contributed by atoms with E-state index in [4.69, 9.17) is 51.8 Å². The Morgan fingerprint density at radius 2 is 1.90 bits per heavy atom. The van der Waals surface area contributed by atoms with Crippen LogP contribution in [-0.4, -0.2) is 37.3 Å². The number of hydrogen-bond donors (Lipinski definition) is 2. The fraction of sp³-hybridized carbons (Fsp3) is 0.200. The Hall–Kier alpha value is -1.61. The quantitative estimate of drug-likeness (QED) is 0.444. The molecule has 1 saturated heterocycles. The molecule has 0 spiro atoms. The third-order valence-corrected chi connectivity index (χ3v) is 6.99. The van der Waals surface area contributed by atoms with Gasteiger partial charge in [-0.15, -0.1) is 11.3 Å². The summed E-state index contributed by atoms with van der Waals surface area (Å²) in [5.41, 5.74) is 1.54. The van der Waals surface area contributed by atoms with Gasteiger partial charge in [0.25, 0.3) is 5.91 Å². The lowest BCUT2D eigenvalue weighted by molar-refractivity contribution is 0.0982. The smallest absolute Gasteiger partial charge is 0.269 e. The highest BCUT2D eigenvalue weighted by Crippen LogP contribution is 2.37. The lowest BCUT2D eigenvalue weighted by Crippen LogP contribution is -2.38. The summed E-state index contributed by atoms with van der Waals surface area (Å²) in [6.07, 6.45) is 0. The number of ether oxygens (including phenoxy) is 1. The van der Waals surface area contributed by atoms with Crippen LogP contribution in [-0.2, 0) is 4.74 Å². The Morgan fingerprint density at radius 3 is 2.67 bits per heavy atom. The largest absolute Gasteiger partial charge is 0.378 e. The van der Waals surface area contributed by atoms with Gasteiger partial charge in [0.2, 0.25) is 0 Å². The molecule has 0 saturated carbocycles. The molecular weight excluding hydrogens is 485 g/mol. The minimum Gasteiger partial charge on any atom is -0.378 e. The molecule has 0 atom stereocenters. The van der Waals surface area contributed by atoms with Crippen molar-refractivity contribution in [1.29, 1.82) is 0 Å². The molecule has 0 radical (unpaired) electrons. The number of nitrogens with one attached hydrogen (secondary N) is 2. The number of nitrogens with zero attached hydrogens (tertiary/aromatic N) is 1. The van der Waals surface area contributed by atoms with Gasteiger partial charge in [-0.3, -0.25) is 10.1 Å². The topological polar surface area (TPSA) is 53.6 Å². The van der Waals surface area contributed by atoms with Crippen molar-refractivity contribution >= 4 is 90.8 Å². The van der Waals surface area contributed by atoms with Crippen LogP contribution in [0, 0.1) is 0 Å². The number of morpholine rings is 1. The number of anilines is 2. The second kappa shape index (κ2) is 9.26. The van der Waals surface area contributed by atoms with Crippen molar-refractivity contribution in [1.82, 2.24) is 5.32 Å². The molecule has 1 aliphatic heterocycles. The molecule has 3 aromatic rings. The van der Waals surface area contributed by atoms with Crippen molar-refractivity contribution in [3.8, 4) is 0 Å². The van der Waals surface area contributed by atoms with Crippen LogP contribution in [0.4, 0.5) is 11.4 Å². The summed E-state index contributed by atoms with van der Waals surface area (Å²) in [4.78, 5) is 15.3. The number of benzene rings is 2. The lowest BCUT2D eigenvalue weighted by Gasteiger charge is -2.31. The van der Waals surface area contributed by atoms with E-state index in [0.717, 1.165) is 28.9 Å². The van der Waals surface area contributed by atoms with Gasteiger partial charge >= 0.3 is 0 Å². The fourth-order valence-electron chi connectivity index (χ4n) is 3.22. The number of fused-ring (bicyclic) bond motifs is 1. The number of halogens is 3. The summed E-state index contributed by atoms with van der Waals surface area (Å²) in [5, 5.41) is 8.28. The monoisotopic (exact) mass is 499 g/mol. The molecule has 1 amide bonds. The molecule has 1 aliphatic rings. The van der Waals surface area contributed by atoms with E-state index in [0.29, 0.717) is 38.8 Å². The lowest BCUT2D eigenvalue weighted by atomic mass is 10.2. The Kier molecular flexibility index (Phi) is 6.67. The van der Waals surface area contributed by atoms with E-state index in [2.05, 4.69) is 15.5 Å². The first-order valence-electron chi connectivity index (χ1n) is 9.05. The molecule has 0 aliphatic carbocycles. The highest BCUT2D eigenvalue weighted by Gasteiger charge is 2.21. The van der Waals surface area contributed by atoms with Crippen molar-refractivity contribution < 1.29 is 9.53 Å². The SMILES string of the molecule is O=C(NC(=S)Nc1cccc(Cl)c1N1CCOCC1)c1sc2cc(Cl)ccc2c1Cl. The van der Waals surface area contributed by atoms with E-state index in [1.165, 1.54) is 11.3 Å². The van der Waals surface area contributed by atoms with E-state index < -0.39 is 0 Å². The Bertz CT molecular complexity index is 1130. The zero-order chi connectivity index (χ0) is 21.3. The van der Waals surface area contributed by atoms with E-state index in [1.807, 2.05) is 18.2 Å². The van der Waals surface area contributed by atoms with Crippen LogP contribution in [0.2, 0.25) is 15.1 Å². The second-order valence-corrected chi connectivity index (χ2v) is 9.21. The number of hydrogen-bond acceptors (Lipinski definition) is 5. The van der Waals surface area contributed by atoms with Crippen LogP contribution >= 0.6 is 58.4 Å². The van der Waals surface area contributed by atoms with Gasteiger partial charge in [-0.25, -0.2) is 0 Å². The standard InChI is InChI=1S/C20H16Cl3N3O2S2/c21-11-4-5-12-15(10-11)30-18(16(12)23)19(27)25-20(29)24-14-3-1-2-13(22)17(14)26-6-8-28-9-7-26/h1-5,10H,6-9H2,(H2,24,25,27,29). The van der Waals surface area contributed by atoms with Gasteiger partial charge in [0.1, 0.15) is 4.88 Å². The van der Waals surface area contributed by atoms with Gasteiger partial charge in [0.05, 0.1) is 34.6 Å². The Morgan fingerprint density at radius 1 is 1.13 bits per heavy atom. The van der Waals surface area contributed by atoms with E-state index in [-0.39, 0.29) is 11.0 Å². The third kappa shape index (κ3) is 4.51. The van der Waals surface area contributed by atoms with Crippen molar-refractivity contribution in [3.63, 3.8) is 0 Å². The first-order chi connectivity index (χ1) is 14.4. The number of para-hydroxylation sites is 1. The van der Waals surface area contributed by atoms with Crippen molar-refractivity contribution in [2.24, 2.45) is 0 Å². The highest BCUT2D eigenvalue weighted by molar-refractivity contribution is 7.80. The molecule has 30 heavy (non-hydrogen) atoms. The molecule has 10 heteroatoms. The van der Waals surface area contributed by atoms with Gasteiger partial charge in [-0.1, -0.05) is 46.9 Å². The molecule has 2 N–H and O–H groups in total. The third-order valence-electron chi connectivity index (χ3n) is 4.59. The molecule has 156 valence electrons. The van der Waals surface area contributed by atoms with Gasteiger partial charge < -0.3 is 15.0 Å². The first-order valence-corrected chi connectivity index (χ1v) is 11.4. The summed E-state index contributed by atoms with van der Waals surface area (Å²) in [6.45, 7) is 2.69. The fourth-order valence-corrected chi connectivity index (χ4v) is 5.41. The molecule has 1 fully saturated rings. The summed E-state index contributed by atoms with van der Waals surface area (Å²) in [7, 11) is 0. The van der Waals surface area contributed by atoms with Crippen LogP contribution in [0.25, 0.3) is 10.1 Å². The maximum atomic E-state index is 12.8. The molecule has 4 rings (SSSR count). The number of rotatable bonds is 3. The molecule has 5 nitrogen and oxygen atoms in total. The minimum atomic E-state index is -0.384. The first kappa shape index (κ1) is 21.6. The number of thiocarbonyl (C=S) groups is 1. The Labute approximate surface area is 197 Å². The van der Waals surface area contributed by atoms with Gasteiger partial charge in [0, 0.05) is 28.2 Å². The summed E-state index contributed by atoms with van der Waals surface area (Å²) in [6, 6.07) is 10.8. The van der Waals surface area contributed by atoms with Gasteiger partial charge in [0.15, 0.2) is 5.11 Å². The van der Waals surface area contributed by atoms with Crippen LogP contribution in [0.5, 0.6) is 0 Å². The van der Waals surface area contributed by atoms with Crippen LogP contribution in [0.3, 0.4) is 0 Å². The molecule has 0 bridgehead atoms.